The second-order valence-electron chi connectivity index (χ2n) is 8.79. The summed E-state index contributed by atoms with van der Waals surface area (Å²) in [5.41, 5.74) is 1.02. The maximum absolute atomic E-state index is 13.5. The molecule has 0 radical (unpaired) electrons. The number of carbonyl (C=O) groups excluding carboxylic acids is 3. The summed E-state index contributed by atoms with van der Waals surface area (Å²) >= 11 is 0.927. The molecule has 0 saturated carbocycles. The molecule has 1 saturated heterocycles. The van der Waals surface area contributed by atoms with Crippen molar-refractivity contribution >= 4 is 39.9 Å². The van der Waals surface area contributed by atoms with Gasteiger partial charge in [-0.1, -0.05) is 24.3 Å². The molecule has 0 spiro atoms. The molecule has 2 heterocycles. The number of aliphatic hydroxyl groups is 1. The number of Topliss-reactive ketones (excluding diaryl/α,β-unsaturated/α-hetero) is 1. The number of methoxy groups -OCH3 is 2. The molecule has 2 aromatic carbocycles. The van der Waals surface area contributed by atoms with Gasteiger partial charge < -0.3 is 24.1 Å². The van der Waals surface area contributed by atoms with E-state index in [1.54, 1.807) is 49.4 Å². The van der Waals surface area contributed by atoms with Crippen LogP contribution in [-0.2, 0) is 14.3 Å². The van der Waals surface area contributed by atoms with Crippen molar-refractivity contribution in [3.05, 3.63) is 69.7 Å². The summed E-state index contributed by atoms with van der Waals surface area (Å²) in [7, 11) is 2.77. The number of aryl methyl sites for hydroxylation is 1. The Kier molecular flexibility index (Phi) is 8.73. The Morgan fingerprint density at radius 3 is 2.40 bits per heavy atom. The van der Waals surface area contributed by atoms with E-state index in [0.717, 1.165) is 17.8 Å². The zero-order chi connectivity index (χ0) is 29.0. The molecule has 1 unspecified atom stereocenters. The Bertz CT molecular complexity index is 1460. The molecule has 1 aromatic heterocycles. The highest BCUT2D eigenvalue weighted by Gasteiger charge is 2.48. The SMILES string of the molecule is CCCOc1ccc(C2/C(=C(\O)c3ccc(OC)cc3)C(=O)C(=O)N2c2nc(C)c(C(=O)OC)s2)cc1OCC. The molecule has 1 aliphatic heterocycles. The minimum atomic E-state index is -1.07. The van der Waals surface area contributed by atoms with Crippen molar-refractivity contribution in [3.63, 3.8) is 0 Å². The Labute approximate surface area is 235 Å². The highest BCUT2D eigenvalue weighted by Crippen LogP contribution is 2.45. The van der Waals surface area contributed by atoms with Crippen molar-refractivity contribution in [2.24, 2.45) is 0 Å². The van der Waals surface area contributed by atoms with Gasteiger partial charge in [0.05, 0.1) is 44.7 Å². The number of hydrogen-bond acceptors (Lipinski definition) is 10. The molecule has 10 nitrogen and oxygen atoms in total. The van der Waals surface area contributed by atoms with Crippen LogP contribution in [0.1, 0.15) is 52.8 Å². The van der Waals surface area contributed by atoms with Crippen molar-refractivity contribution in [3.8, 4) is 17.2 Å². The number of esters is 1. The van der Waals surface area contributed by atoms with Crippen LogP contribution in [0.25, 0.3) is 5.76 Å². The fourth-order valence-corrected chi connectivity index (χ4v) is 5.32. The minimum Gasteiger partial charge on any atom is -0.507 e. The summed E-state index contributed by atoms with van der Waals surface area (Å²) in [6.45, 7) is 6.26. The first kappa shape index (κ1) is 28.6. The lowest BCUT2D eigenvalue weighted by Crippen LogP contribution is -2.29. The number of carbonyl (C=O) groups is 3. The summed E-state index contributed by atoms with van der Waals surface area (Å²) in [4.78, 5) is 45.1. The van der Waals surface area contributed by atoms with Crippen molar-refractivity contribution in [2.45, 2.75) is 33.2 Å². The van der Waals surface area contributed by atoms with Gasteiger partial charge in [-0.2, -0.15) is 0 Å². The Morgan fingerprint density at radius 1 is 1.05 bits per heavy atom. The van der Waals surface area contributed by atoms with Crippen LogP contribution in [0, 0.1) is 6.92 Å². The van der Waals surface area contributed by atoms with E-state index in [0.29, 0.717) is 47.3 Å². The zero-order valence-corrected chi connectivity index (χ0v) is 23.7. The number of aliphatic hydroxyl groups excluding tert-OH is 1. The maximum Gasteiger partial charge on any atom is 0.350 e. The number of benzene rings is 2. The molecular weight excluding hydrogens is 536 g/mol. The lowest BCUT2D eigenvalue weighted by Gasteiger charge is -2.24. The number of anilines is 1. The summed E-state index contributed by atoms with van der Waals surface area (Å²) in [6, 6.07) is 10.5. The molecule has 1 fully saturated rings. The molecule has 3 aromatic rings. The fourth-order valence-electron chi connectivity index (χ4n) is 4.31. The van der Waals surface area contributed by atoms with Gasteiger partial charge in [-0.05, 0) is 62.2 Å². The van der Waals surface area contributed by atoms with Crippen molar-refractivity contribution < 1.29 is 38.4 Å². The van der Waals surface area contributed by atoms with Crippen LogP contribution in [-0.4, -0.2) is 55.2 Å². The van der Waals surface area contributed by atoms with E-state index in [9.17, 15) is 19.5 Å². The van der Waals surface area contributed by atoms with Gasteiger partial charge in [-0.25, -0.2) is 9.78 Å². The molecule has 11 heteroatoms. The van der Waals surface area contributed by atoms with E-state index in [1.165, 1.54) is 19.1 Å². The number of ether oxygens (including phenoxy) is 4. The van der Waals surface area contributed by atoms with Crippen molar-refractivity contribution in [1.82, 2.24) is 4.98 Å². The van der Waals surface area contributed by atoms with Crippen LogP contribution in [0.4, 0.5) is 5.13 Å². The second-order valence-corrected chi connectivity index (χ2v) is 9.77. The fraction of sp³-hybridized carbons (Fsp3) is 0.310. The van der Waals surface area contributed by atoms with Crippen LogP contribution in [0.3, 0.4) is 0 Å². The van der Waals surface area contributed by atoms with Gasteiger partial charge in [0.15, 0.2) is 16.6 Å². The maximum atomic E-state index is 13.5. The van der Waals surface area contributed by atoms with E-state index in [-0.39, 0.29) is 21.3 Å². The number of ketones is 1. The van der Waals surface area contributed by atoms with Crippen molar-refractivity contribution in [2.75, 3.05) is 32.3 Å². The Morgan fingerprint density at radius 2 is 1.77 bits per heavy atom. The minimum absolute atomic E-state index is 0.114. The molecule has 0 aliphatic carbocycles. The molecular formula is C29H30N2O8S. The van der Waals surface area contributed by atoms with Gasteiger partial charge in [0.1, 0.15) is 16.4 Å². The Hall–Kier alpha value is -4.38. The lowest BCUT2D eigenvalue weighted by molar-refractivity contribution is -0.132. The third-order valence-electron chi connectivity index (χ3n) is 6.22. The van der Waals surface area contributed by atoms with E-state index < -0.39 is 23.7 Å². The third kappa shape index (κ3) is 5.37. The van der Waals surface area contributed by atoms with Gasteiger partial charge in [0, 0.05) is 5.56 Å². The van der Waals surface area contributed by atoms with E-state index in [4.69, 9.17) is 18.9 Å². The standard InChI is InChI=1S/C29H30N2O8S/c1-6-14-39-20-13-10-18(15-21(20)38-7-2)23-22(24(32)17-8-11-19(36-4)12-9-17)25(33)27(34)31(23)29-30-16(3)26(40-29)28(35)37-5/h8-13,15,23,32H,6-7,14H2,1-5H3/b24-22+. The number of aromatic nitrogens is 1. The number of hydrogen-bond donors (Lipinski definition) is 1. The van der Waals surface area contributed by atoms with Crippen LogP contribution >= 0.6 is 11.3 Å². The van der Waals surface area contributed by atoms with E-state index in [2.05, 4.69) is 4.98 Å². The Balaban J connectivity index is 1.93. The topological polar surface area (TPSA) is 124 Å². The second kappa shape index (κ2) is 12.2. The average Bonchev–Trinajstić information content (AvgIpc) is 3.47. The number of rotatable bonds is 10. The molecule has 1 N–H and O–H groups in total. The van der Waals surface area contributed by atoms with Crippen LogP contribution in [0.15, 0.2) is 48.0 Å². The molecule has 1 amide bonds. The van der Waals surface area contributed by atoms with Gasteiger partial charge in [-0.15, -0.1) is 0 Å². The zero-order valence-electron chi connectivity index (χ0n) is 22.8. The monoisotopic (exact) mass is 566 g/mol. The summed E-state index contributed by atoms with van der Waals surface area (Å²) in [5, 5.41) is 11.5. The normalized spacial score (nSPS) is 16.2. The smallest absolute Gasteiger partial charge is 0.350 e. The van der Waals surface area contributed by atoms with Gasteiger partial charge >= 0.3 is 11.9 Å². The largest absolute Gasteiger partial charge is 0.507 e. The van der Waals surface area contributed by atoms with E-state index >= 15 is 0 Å². The summed E-state index contributed by atoms with van der Waals surface area (Å²) in [5.74, 6) is -1.26. The third-order valence-corrected chi connectivity index (χ3v) is 7.35. The highest BCUT2D eigenvalue weighted by atomic mass is 32.1. The molecule has 1 atom stereocenters. The first-order valence-electron chi connectivity index (χ1n) is 12.7. The van der Waals surface area contributed by atoms with Gasteiger partial charge in [0.25, 0.3) is 5.78 Å². The summed E-state index contributed by atoms with van der Waals surface area (Å²) < 4.78 is 21.7. The molecule has 4 rings (SSSR count). The van der Waals surface area contributed by atoms with Crippen LogP contribution < -0.4 is 19.1 Å². The number of nitrogens with zero attached hydrogens (tertiary/aromatic N) is 2. The van der Waals surface area contributed by atoms with Crippen LogP contribution in [0.2, 0.25) is 0 Å². The first-order valence-corrected chi connectivity index (χ1v) is 13.5. The molecule has 40 heavy (non-hydrogen) atoms. The van der Waals surface area contributed by atoms with E-state index in [1.807, 2.05) is 13.8 Å². The number of amides is 1. The first-order chi connectivity index (χ1) is 19.2. The number of thiazole rings is 1. The van der Waals surface area contributed by atoms with Crippen LogP contribution in [0.5, 0.6) is 17.2 Å². The van der Waals surface area contributed by atoms with Gasteiger partial charge in [0.2, 0.25) is 0 Å². The highest BCUT2D eigenvalue weighted by molar-refractivity contribution is 7.17. The van der Waals surface area contributed by atoms with Crippen molar-refractivity contribution in [1.29, 1.82) is 0 Å². The summed E-state index contributed by atoms with van der Waals surface area (Å²) in [6.07, 6.45) is 0.793. The molecule has 0 bridgehead atoms. The predicted molar refractivity (Wildman–Crippen MR) is 149 cm³/mol. The average molecular weight is 567 g/mol. The van der Waals surface area contributed by atoms with Gasteiger partial charge in [-0.3, -0.25) is 14.5 Å². The lowest BCUT2D eigenvalue weighted by atomic mass is 9.95. The predicted octanol–water partition coefficient (Wildman–Crippen LogP) is 5.06. The molecule has 210 valence electrons. The molecule has 1 aliphatic rings. The quantitative estimate of drug-likeness (QED) is 0.155.